The van der Waals surface area contributed by atoms with Crippen LogP contribution in [0.1, 0.15) is 5.89 Å². The van der Waals surface area contributed by atoms with Crippen molar-refractivity contribution < 1.29 is 13.5 Å². The summed E-state index contributed by atoms with van der Waals surface area (Å²) in [6.45, 7) is 0.116. The molecule has 2 aromatic carbocycles. The molecule has 0 fully saturated rings. The minimum absolute atomic E-state index is 0.116. The number of hydrogen-bond donors (Lipinski definition) is 1. The van der Waals surface area contributed by atoms with Gasteiger partial charge in [-0.15, -0.1) is 0 Å². The van der Waals surface area contributed by atoms with Crippen molar-refractivity contribution in [3.8, 4) is 5.75 Å². The van der Waals surface area contributed by atoms with Crippen LogP contribution in [0.2, 0.25) is 0 Å². The van der Waals surface area contributed by atoms with E-state index in [9.17, 15) is 4.39 Å². The fourth-order valence-corrected chi connectivity index (χ4v) is 2.26. The second-order valence-corrected chi connectivity index (χ2v) is 5.14. The number of anilines is 1. The van der Waals surface area contributed by atoms with Crippen molar-refractivity contribution in [3.63, 3.8) is 0 Å². The molecule has 0 amide bonds. The summed E-state index contributed by atoms with van der Waals surface area (Å²) in [5, 5.41) is 0. The first-order valence-electron chi connectivity index (χ1n) is 5.84. The number of oxazole rings is 1. The molecule has 0 atom stereocenters. The van der Waals surface area contributed by atoms with E-state index in [4.69, 9.17) is 14.9 Å². The van der Waals surface area contributed by atoms with Gasteiger partial charge in [-0.05, 0) is 30.3 Å². The predicted octanol–water partition coefficient (Wildman–Crippen LogP) is 3.89. The van der Waals surface area contributed by atoms with E-state index in [-0.39, 0.29) is 12.4 Å². The Morgan fingerprint density at radius 3 is 2.90 bits per heavy atom. The van der Waals surface area contributed by atoms with Crippen molar-refractivity contribution in [2.24, 2.45) is 0 Å². The van der Waals surface area contributed by atoms with Gasteiger partial charge in [0.05, 0.1) is 0 Å². The highest BCUT2D eigenvalue weighted by atomic mass is 79.9. The number of nitrogen functional groups attached to an aromatic ring is 1. The lowest BCUT2D eigenvalue weighted by Crippen LogP contribution is -1.96. The number of nitrogens with zero attached hydrogens (tertiary/aromatic N) is 1. The Labute approximate surface area is 122 Å². The summed E-state index contributed by atoms with van der Waals surface area (Å²) < 4.78 is 24.8. The highest BCUT2D eigenvalue weighted by Gasteiger charge is 2.07. The zero-order valence-corrected chi connectivity index (χ0v) is 11.9. The van der Waals surface area contributed by atoms with Crippen LogP contribution in [0.3, 0.4) is 0 Å². The Morgan fingerprint density at radius 2 is 2.10 bits per heavy atom. The molecule has 1 heterocycles. The SMILES string of the molecule is Nc1ccc2oc(COc3cc(F)cc(Br)c3)nc2c1. The molecule has 6 heteroatoms. The van der Waals surface area contributed by atoms with E-state index in [2.05, 4.69) is 20.9 Å². The number of rotatable bonds is 3. The Balaban J connectivity index is 1.79. The third-order valence-corrected chi connectivity index (χ3v) is 3.11. The third-order valence-electron chi connectivity index (χ3n) is 2.65. The zero-order valence-electron chi connectivity index (χ0n) is 10.3. The van der Waals surface area contributed by atoms with Crippen molar-refractivity contribution in [2.75, 3.05) is 5.73 Å². The van der Waals surface area contributed by atoms with Gasteiger partial charge in [-0.25, -0.2) is 9.37 Å². The van der Waals surface area contributed by atoms with Crippen molar-refractivity contribution in [2.45, 2.75) is 6.61 Å². The zero-order chi connectivity index (χ0) is 14.1. The van der Waals surface area contributed by atoms with Crippen LogP contribution < -0.4 is 10.5 Å². The van der Waals surface area contributed by atoms with E-state index in [0.29, 0.717) is 32.9 Å². The molecule has 1 aromatic heterocycles. The molecule has 0 bridgehead atoms. The quantitative estimate of drug-likeness (QED) is 0.737. The number of halogens is 2. The molecular weight excluding hydrogens is 327 g/mol. The lowest BCUT2D eigenvalue weighted by Gasteiger charge is -2.04. The van der Waals surface area contributed by atoms with Gasteiger partial charge in [-0.2, -0.15) is 0 Å². The standard InChI is InChI=1S/C14H10BrFN2O2/c15-8-3-9(16)5-11(4-8)19-7-14-18-12-6-10(17)1-2-13(12)20-14/h1-6H,7,17H2. The molecular formula is C14H10BrFN2O2. The molecule has 0 aliphatic carbocycles. The van der Waals surface area contributed by atoms with Crippen molar-refractivity contribution >= 4 is 32.7 Å². The van der Waals surface area contributed by atoms with Crippen LogP contribution in [-0.2, 0) is 6.61 Å². The van der Waals surface area contributed by atoms with Crippen LogP contribution in [0, 0.1) is 5.82 Å². The van der Waals surface area contributed by atoms with Crippen LogP contribution in [0.4, 0.5) is 10.1 Å². The number of fused-ring (bicyclic) bond motifs is 1. The summed E-state index contributed by atoms with van der Waals surface area (Å²) in [5.74, 6) is 0.435. The monoisotopic (exact) mass is 336 g/mol. The summed E-state index contributed by atoms with van der Waals surface area (Å²) in [5.41, 5.74) is 7.60. The number of hydrogen-bond acceptors (Lipinski definition) is 4. The second-order valence-electron chi connectivity index (χ2n) is 4.23. The third kappa shape index (κ3) is 2.75. The van der Waals surface area contributed by atoms with Crippen molar-refractivity contribution in [3.05, 3.63) is 52.6 Å². The summed E-state index contributed by atoms with van der Waals surface area (Å²) in [7, 11) is 0. The Morgan fingerprint density at radius 1 is 1.25 bits per heavy atom. The molecule has 0 spiro atoms. The molecule has 0 saturated carbocycles. The Bertz CT molecular complexity index is 753. The van der Waals surface area contributed by atoms with E-state index in [1.54, 1.807) is 24.3 Å². The lowest BCUT2D eigenvalue weighted by molar-refractivity contribution is 0.266. The topological polar surface area (TPSA) is 61.3 Å². The average Bonchev–Trinajstić information content (AvgIpc) is 2.77. The molecule has 2 N–H and O–H groups in total. The first-order chi connectivity index (χ1) is 9.60. The van der Waals surface area contributed by atoms with Gasteiger partial charge in [-0.3, -0.25) is 0 Å². The molecule has 20 heavy (non-hydrogen) atoms. The van der Waals surface area contributed by atoms with Crippen molar-refractivity contribution in [1.29, 1.82) is 0 Å². The molecule has 0 aliphatic heterocycles. The van der Waals surface area contributed by atoms with Gasteiger partial charge in [0.25, 0.3) is 0 Å². The number of benzene rings is 2. The average molecular weight is 337 g/mol. The fourth-order valence-electron chi connectivity index (χ4n) is 1.81. The van der Waals surface area contributed by atoms with Crippen molar-refractivity contribution in [1.82, 2.24) is 4.98 Å². The van der Waals surface area contributed by atoms with Crippen LogP contribution in [0.5, 0.6) is 5.75 Å². The Hall–Kier alpha value is -2.08. The summed E-state index contributed by atoms with van der Waals surface area (Å²) in [6, 6.07) is 9.53. The number of ether oxygens (including phenoxy) is 1. The molecule has 0 unspecified atom stereocenters. The van der Waals surface area contributed by atoms with Crippen LogP contribution in [0.25, 0.3) is 11.1 Å². The maximum Gasteiger partial charge on any atom is 0.233 e. The molecule has 0 aliphatic rings. The van der Waals surface area contributed by atoms with E-state index in [1.165, 1.54) is 12.1 Å². The Kier molecular flexibility index (Phi) is 3.31. The van der Waals surface area contributed by atoms with E-state index >= 15 is 0 Å². The molecule has 0 saturated heterocycles. The second kappa shape index (κ2) is 5.13. The molecule has 4 nitrogen and oxygen atoms in total. The van der Waals surface area contributed by atoms with E-state index in [0.717, 1.165) is 0 Å². The van der Waals surface area contributed by atoms with Gasteiger partial charge in [-0.1, -0.05) is 15.9 Å². The molecule has 3 rings (SSSR count). The summed E-state index contributed by atoms with van der Waals surface area (Å²) >= 11 is 3.20. The van der Waals surface area contributed by atoms with Gasteiger partial charge in [0, 0.05) is 16.2 Å². The lowest BCUT2D eigenvalue weighted by atomic mass is 10.3. The molecule has 0 radical (unpaired) electrons. The van der Waals surface area contributed by atoms with Crippen LogP contribution >= 0.6 is 15.9 Å². The van der Waals surface area contributed by atoms with Crippen LogP contribution in [-0.4, -0.2) is 4.98 Å². The normalized spacial score (nSPS) is 10.9. The highest BCUT2D eigenvalue weighted by Crippen LogP contribution is 2.23. The van der Waals surface area contributed by atoms with Gasteiger partial charge >= 0.3 is 0 Å². The first-order valence-corrected chi connectivity index (χ1v) is 6.63. The molecule has 102 valence electrons. The summed E-state index contributed by atoms with van der Waals surface area (Å²) in [6.07, 6.45) is 0. The maximum atomic E-state index is 13.2. The number of nitrogens with two attached hydrogens (primary N) is 1. The molecule has 3 aromatic rings. The minimum Gasteiger partial charge on any atom is -0.484 e. The largest absolute Gasteiger partial charge is 0.484 e. The number of aromatic nitrogens is 1. The highest BCUT2D eigenvalue weighted by molar-refractivity contribution is 9.10. The minimum atomic E-state index is -0.375. The van der Waals surface area contributed by atoms with Gasteiger partial charge < -0.3 is 14.9 Å². The predicted molar refractivity (Wildman–Crippen MR) is 76.9 cm³/mol. The smallest absolute Gasteiger partial charge is 0.233 e. The fraction of sp³-hybridized carbons (Fsp3) is 0.0714. The first kappa shape index (κ1) is 12.9. The van der Waals surface area contributed by atoms with Gasteiger partial charge in [0.2, 0.25) is 5.89 Å². The van der Waals surface area contributed by atoms with Crippen LogP contribution in [0.15, 0.2) is 45.3 Å². The van der Waals surface area contributed by atoms with E-state index in [1.807, 2.05) is 0 Å². The van der Waals surface area contributed by atoms with Gasteiger partial charge in [0.1, 0.15) is 17.1 Å². The maximum absolute atomic E-state index is 13.2. The van der Waals surface area contributed by atoms with E-state index < -0.39 is 0 Å². The summed E-state index contributed by atoms with van der Waals surface area (Å²) in [4.78, 5) is 4.26. The van der Waals surface area contributed by atoms with Gasteiger partial charge in [0.15, 0.2) is 12.2 Å².